The lowest BCUT2D eigenvalue weighted by Crippen LogP contribution is -2.43. The fourth-order valence-electron chi connectivity index (χ4n) is 1.97. The van der Waals surface area contributed by atoms with E-state index in [1.54, 1.807) is 13.8 Å². The van der Waals surface area contributed by atoms with E-state index in [9.17, 15) is 17.6 Å². The highest BCUT2D eigenvalue weighted by Crippen LogP contribution is 2.25. The molecule has 0 aliphatic rings. The van der Waals surface area contributed by atoms with Gasteiger partial charge in [0.05, 0.1) is 15.5 Å². The zero-order valence-electron chi connectivity index (χ0n) is 11.9. The molecular formula is C13H17ClFNO4S. The molecule has 0 spiro atoms. The number of carboxylic acid groups (broad SMARTS) is 1. The second kappa shape index (κ2) is 6.29. The number of nitrogens with one attached hydrogen (secondary N) is 1. The number of carbonyl (C=O) groups is 1. The summed E-state index contributed by atoms with van der Waals surface area (Å²) in [5.74, 6) is -2.59. The third-order valence-corrected chi connectivity index (χ3v) is 4.89. The maximum Gasteiger partial charge on any atom is 0.337 e. The summed E-state index contributed by atoms with van der Waals surface area (Å²) in [6.45, 7) is 5.29. The van der Waals surface area contributed by atoms with Gasteiger partial charge in [-0.3, -0.25) is 0 Å². The number of halogens is 2. The van der Waals surface area contributed by atoms with Gasteiger partial charge in [0.1, 0.15) is 5.82 Å². The van der Waals surface area contributed by atoms with Gasteiger partial charge < -0.3 is 5.11 Å². The van der Waals surface area contributed by atoms with Crippen LogP contribution < -0.4 is 4.72 Å². The quantitative estimate of drug-likeness (QED) is 0.835. The van der Waals surface area contributed by atoms with Crippen LogP contribution in [0.15, 0.2) is 17.0 Å². The van der Waals surface area contributed by atoms with E-state index < -0.39 is 42.8 Å². The van der Waals surface area contributed by atoms with E-state index in [1.807, 2.05) is 6.92 Å². The Labute approximate surface area is 128 Å². The molecule has 0 aliphatic carbocycles. The van der Waals surface area contributed by atoms with E-state index in [2.05, 4.69) is 4.72 Å². The van der Waals surface area contributed by atoms with Crippen molar-refractivity contribution < 1.29 is 22.7 Å². The summed E-state index contributed by atoms with van der Waals surface area (Å²) in [5, 5.41) is 8.31. The molecule has 0 saturated heterocycles. The fraction of sp³-hybridized carbons (Fsp3) is 0.462. The Morgan fingerprint density at radius 3 is 2.48 bits per heavy atom. The van der Waals surface area contributed by atoms with E-state index in [-0.39, 0.29) is 0 Å². The third-order valence-electron chi connectivity index (χ3n) is 2.83. The first-order valence-electron chi connectivity index (χ1n) is 6.26. The lowest BCUT2D eigenvalue weighted by Gasteiger charge is -2.25. The van der Waals surface area contributed by atoms with Crippen LogP contribution in [0.3, 0.4) is 0 Å². The molecular weight excluding hydrogens is 321 g/mol. The third kappa shape index (κ3) is 4.39. The molecule has 0 aromatic heterocycles. The van der Waals surface area contributed by atoms with Gasteiger partial charge >= 0.3 is 5.97 Å². The summed E-state index contributed by atoms with van der Waals surface area (Å²) < 4.78 is 40.6. The maximum absolute atomic E-state index is 13.6. The molecule has 0 atom stereocenters. The van der Waals surface area contributed by atoms with Gasteiger partial charge in [-0.1, -0.05) is 24.9 Å². The molecule has 0 fully saturated rings. The smallest absolute Gasteiger partial charge is 0.337 e. The number of carboxylic acids is 1. The van der Waals surface area contributed by atoms with Crippen LogP contribution in [0.1, 0.15) is 44.0 Å². The Kier molecular flexibility index (Phi) is 5.35. The Hall–Kier alpha value is -1.18. The summed E-state index contributed by atoms with van der Waals surface area (Å²) in [6.07, 6.45) is 1.33. The highest BCUT2D eigenvalue weighted by molar-refractivity contribution is 7.89. The van der Waals surface area contributed by atoms with Crippen molar-refractivity contribution in [2.24, 2.45) is 0 Å². The normalized spacial score (nSPS) is 12.4. The first-order chi connectivity index (χ1) is 9.50. The molecule has 0 aliphatic heterocycles. The summed E-state index contributed by atoms with van der Waals surface area (Å²) in [4.78, 5) is 10.5. The van der Waals surface area contributed by atoms with E-state index in [4.69, 9.17) is 16.7 Å². The van der Waals surface area contributed by atoms with Crippen molar-refractivity contribution in [2.75, 3.05) is 0 Å². The molecule has 5 nitrogen and oxygen atoms in total. The van der Waals surface area contributed by atoms with Crippen LogP contribution in [-0.4, -0.2) is 25.0 Å². The van der Waals surface area contributed by atoms with Crippen LogP contribution in [0.4, 0.5) is 4.39 Å². The molecule has 0 bridgehead atoms. The monoisotopic (exact) mass is 337 g/mol. The molecule has 1 aromatic carbocycles. The standard InChI is InChI=1S/C13H17ClFNO4S/c1-4-5-13(2,3)16-21(19,20)8-6-9(12(17)18)11(14)10(15)7-8/h6-7,16H,4-5H2,1-3H3,(H,17,18). The minimum absolute atomic E-state index is 0.467. The average Bonchev–Trinajstić information content (AvgIpc) is 2.30. The van der Waals surface area contributed by atoms with Crippen LogP contribution >= 0.6 is 11.6 Å². The van der Waals surface area contributed by atoms with Crippen molar-refractivity contribution in [3.05, 3.63) is 28.5 Å². The van der Waals surface area contributed by atoms with Gasteiger partial charge in [0.15, 0.2) is 0 Å². The fourth-order valence-corrected chi connectivity index (χ4v) is 3.64. The molecule has 118 valence electrons. The second-order valence-corrected chi connectivity index (χ2v) is 7.37. The average molecular weight is 338 g/mol. The van der Waals surface area contributed by atoms with Crippen molar-refractivity contribution in [2.45, 2.75) is 44.0 Å². The predicted molar refractivity (Wildman–Crippen MR) is 77.7 cm³/mol. The van der Waals surface area contributed by atoms with Crippen LogP contribution in [0.2, 0.25) is 5.02 Å². The van der Waals surface area contributed by atoms with Crippen molar-refractivity contribution in [3.8, 4) is 0 Å². The first kappa shape index (κ1) is 17.9. The Morgan fingerprint density at radius 2 is 2.00 bits per heavy atom. The molecule has 0 saturated carbocycles. The van der Waals surface area contributed by atoms with Crippen LogP contribution in [0.25, 0.3) is 0 Å². The van der Waals surface area contributed by atoms with E-state index in [0.29, 0.717) is 12.5 Å². The van der Waals surface area contributed by atoms with Crippen molar-refractivity contribution >= 4 is 27.6 Å². The second-order valence-electron chi connectivity index (χ2n) is 5.31. The van der Waals surface area contributed by atoms with Gasteiger partial charge in [0.2, 0.25) is 10.0 Å². The highest BCUT2D eigenvalue weighted by Gasteiger charge is 2.27. The molecule has 0 heterocycles. The Morgan fingerprint density at radius 1 is 1.43 bits per heavy atom. The number of hydrogen-bond donors (Lipinski definition) is 2. The maximum atomic E-state index is 13.6. The highest BCUT2D eigenvalue weighted by atomic mass is 35.5. The number of sulfonamides is 1. The van der Waals surface area contributed by atoms with E-state index in [1.165, 1.54) is 0 Å². The molecule has 0 unspecified atom stereocenters. The molecule has 8 heteroatoms. The number of benzene rings is 1. The molecule has 21 heavy (non-hydrogen) atoms. The minimum Gasteiger partial charge on any atom is -0.478 e. The first-order valence-corrected chi connectivity index (χ1v) is 8.12. The SMILES string of the molecule is CCCC(C)(C)NS(=O)(=O)c1cc(F)c(Cl)c(C(=O)O)c1. The summed E-state index contributed by atoms with van der Waals surface area (Å²) >= 11 is 5.52. The van der Waals surface area contributed by atoms with Crippen molar-refractivity contribution in [1.82, 2.24) is 4.72 Å². The van der Waals surface area contributed by atoms with Crippen LogP contribution in [0, 0.1) is 5.82 Å². The molecule has 0 radical (unpaired) electrons. The zero-order chi connectivity index (χ0) is 16.4. The topological polar surface area (TPSA) is 83.5 Å². The molecule has 1 rings (SSSR count). The van der Waals surface area contributed by atoms with Crippen molar-refractivity contribution in [1.29, 1.82) is 0 Å². The Balaban J connectivity index is 3.30. The lowest BCUT2D eigenvalue weighted by atomic mass is 10.0. The minimum atomic E-state index is -4.05. The lowest BCUT2D eigenvalue weighted by molar-refractivity contribution is 0.0696. The van der Waals surface area contributed by atoms with Gasteiger partial charge in [-0.25, -0.2) is 22.3 Å². The zero-order valence-corrected chi connectivity index (χ0v) is 13.5. The van der Waals surface area contributed by atoms with Gasteiger partial charge in [-0.15, -0.1) is 0 Å². The van der Waals surface area contributed by atoms with Gasteiger partial charge in [0.25, 0.3) is 0 Å². The molecule has 1 aromatic rings. The summed E-state index contributed by atoms with van der Waals surface area (Å²) in [5.41, 5.74) is -1.32. The van der Waals surface area contributed by atoms with Crippen LogP contribution in [0.5, 0.6) is 0 Å². The largest absolute Gasteiger partial charge is 0.478 e. The number of rotatable bonds is 6. The predicted octanol–water partition coefficient (Wildman–Crippen LogP) is 3.03. The summed E-state index contributed by atoms with van der Waals surface area (Å²) in [7, 11) is -4.05. The Bertz CT molecular complexity index is 658. The number of hydrogen-bond acceptors (Lipinski definition) is 3. The van der Waals surface area contributed by atoms with E-state index in [0.717, 1.165) is 12.5 Å². The number of aromatic carboxylic acids is 1. The van der Waals surface area contributed by atoms with Crippen molar-refractivity contribution in [3.63, 3.8) is 0 Å². The molecule has 0 amide bonds. The van der Waals surface area contributed by atoms with E-state index >= 15 is 0 Å². The van der Waals surface area contributed by atoms with Gasteiger partial charge in [-0.05, 0) is 32.4 Å². The van der Waals surface area contributed by atoms with Gasteiger partial charge in [-0.2, -0.15) is 0 Å². The molecule has 2 N–H and O–H groups in total. The van der Waals surface area contributed by atoms with Gasteiger partial charge in [0, 0.05) is 5.54 Å². The summed E-state index contributed by atoms with van der Waals surface area (Å²) in [6, 6.07) is 1.55. The van der Waals surface area contributed by atoms with Crippen LogP contribution in [-0.2, 0) is 10.0 Å².